The lowest BCUT2D eigenvalue weighted by Gasteiger charge is -2.52. The van der Waals surface area contributed by atoms with Gasteiger partial charge in [0.2, 0.25) is 0 Å². The molecule has 3 nitrogen and oxygen atoms in total. The Morgan fingerprint density at radius 3 is 1.63 bits per heavy atom. The largest absolute Gasteiger partial charge is 0.330 e. The Morgan fingerprint density at radius 2 is 0.951 bits per heavy atom. The number of hydrogen-bond donors (Lipinski definition) is 0. The lowest BCUT2D eigenvalue weighted by molar-refractivity contribution is 0.245. The molecule has 0 fully saturated rings. The molecule has 0 amide bonds. The van der Waals surface area contributed by atoms with Gasteiger partial charge in [0.05, 0.1) is 11.2 Å². The van der Waals surface area contributed by atoms with Crippen LogP contribution in [0.5, 0.6) is 0 Å². The minimum atomic E-state index is -0.424. The molecule has 0 spiro atoms. The third-order valence-corrected chi connectivity index (χ3v) is 20.5. The molecule has 3 aliphatic heterocycles. The SMILES string of the molecule is CC(C)(C)c1ccc(N2c3cc4c(cc3B3c5ccc(-c6ccccc6)cc5N(c5cccc(-c6ccccc6)c5)c5cc(N6c7ccccc7C7(C)CCc8ccccc8C67C)cc2c53)C(C)(C)CCC4(C)C)c(-c2ccccc2)c1. The van der Waals surface area contributed by atoms with E-state index in [9.17, 15) is 0 Å². The minimum absolute atomic E-state index is 0.0126. The van der Waals surface area contributed by atoms with Gasteiger partial charge in [-0.3, -0.25) is 0 Å². The fourth-order valence-corrected chi connectivity index (χ4v) is 15.7. The van der Waals surface area contributed by atoms with Crippen LogP contribution >= 0.6 is 0 Å². The maximum absolute atomic E-state index is 2.79. The molecule has 0 radical (unpaired) electrons. The number of rotatable bonds is 6. The molecule has 82 heavy (non-hydrogen) atoms. The monoisotopic (exact) mass is 1060 g/mol. The van der Waals surface area contributed by atoms with E-state index in [1.54, 1.807) is 0 Å². The molecule has 2 aliphatic carbocycles. The first-order chi connectivity index (χ1) is 39.5. The molecule has 0 saturated heterocycles. The quantitative estimate of drug-likeness (QED) is 0.154. The zero-order chi connectivity index (χ0) is 56.1. The van der Waals surface area contributed by atoms with Gasteiger partial charge < -0.3 is 14.7 Å². The topological polar surface area (TPSA) is 9.72 Å². The van der Waals surface area contributed by atoms with E-state index in [0.29, 0.717) is 0 Å². The first-order valence-electron chi connectivity index (χ1n) is 30.0. The first-order valence-corrected chi connectivity index (χ1v) is 30.0. The summed E-state index contributed by atoms with van der Waals surface area (Å²) in [5.74, 6) is 0. The van der Waals surface area contributed by atoms with Gasteiger partial charge in [0.15, 0.2) is 0 Å². The Labute approximate surface area is 487 Å². The number of fused-ring (bicyclic) bond motifs is 10. The molecule has 402 valence electrons. The van der Waals surface area contributed by atoms with Crippen LogP contribution in [0, 0.1) is 0 Å². The highest BCUT2D eigenvalue weighted by atomic mass is 15.3. The Balaban J connectivity index is 1.12. The van der Waals surface area contributed by atoms with E-state index < -0.39 is 5.54 Å². The van der Waals surface area contributed by atoms with E-state index in [4.69, 9.17) is 0 Å². The lowest BCUT2D eigenvalue weighted by atomic mass is 9.33. The molecule has 0 aromatic heterocycles. The average Bonchev–Trinajstić information content (AvgIpc) is 1.55. The number of para-hydroxylation sites is 1. The predicted molar refractivity (Wildman–Crippen MR) is 349 cm³/mol. The van der Waals surface area contributed by atoms with Crippen LogP contribution in [-0.4, -0.2) is 6.71 Å². The van der Waals surface area contributed by atoms with Crippen LogP contribution in [0.3, 0.4) is 0 Å². The summed E-state index contributed by atoms with van der Waals surface area (Å²) in [6, 6.07) is 86.5. The Hall–Kier alpha value is -8.34. The molecular weight excluding hydrogens is 990 g/mol. The van der Waals surface area contributed by atoms with Crippen molar-refractivity contribution in [3.8, 4) is 33.4 Å². The van der Waals surface area contributed by atoms with Gasteiger partial charge in [0.1, 0.15) is 0 Å². The summed E-state index contributed by atoms with van der Waals surface area (Å²) < 4.78 is 0. The summed E-state index contributed by atoms with van der Waals surface area (Å²) in [5.41, 5.74) is 28.8. The maximum Gasteiger partial charge on any atom is 0.252 e. The summed E-state index contributed by atoms with van der Waals surface area (Å²) in [5, 5.41) is 0. The maximum atomic E-state index is 2.79. The smallest absolute Gasteiger partial charge is 0.252 e. The molecule has 15 rings (SSSR count). The van der Waals surface area contributed by atoms with E-state index in [2.05, 4.69) is 301 Å². The second kappa shape index (κ2) is 18.1. The van der Waals surface area contributed by atoms with Crippen LogP contribution < -0.4 is 31.1 Å². The predicted octanol–water partition coefficient (Wildman–Crippen LogP) is 18.7. The van der Waals surface area contributed by atoms with E-state index >= 15 is 0 Å². The number of anilines is 8. The second-order valence-corrected chi connectivity index (χ2v) is 27.0. The van der Waals surface area contributed by atoms with Crippen LogP contribution in [0.4, 0.5) is 45.5 Å². The van der Waals surface area contributed by atoms with Gasteiger partial charge in [0.25, 0.3) is 6.71 Å². The fraction of sp³-hybridized carbons (Fsp3) is 0.231. The van der Waals surface area contributed by atoms with Gasteiger partial charge in [0, 0.05) is 50.8 Å². The highest BCUT2D eigenvalue weighted by molar-refractivity contribution is 7.00. The van der Waals surface area contributed by atoms with Gasteiger partial charge >= 0.3 is 0 Å². The molecule has 3 heterocycles. The van der Waals surface area contributed by atoms with Crippen molar-refractivity contribution in [2.24, 2.45) is 0 Å². The molecule has 0 bridgehead atoms. The molecule has 0 N–H and O–H groups in total. The normalized spacial score (nSPS) is 19.5. The summed E-state index contributed by atoms with van der Waals surface area (Å²) in [7, 11) is 0. The fourth-order valence-electron chi connectivity index (χ4n) is 15.7. The van der Waals surface area contributed by atoms with E-state index in [1.165, 1.54) is 123 Å². The Kier molecular flexibility index (Phi) is 11.2. The number of hydrogen-bond acceptors (Lipinski definition) is 3. The van der Waals surface area contributed by atoms with Crippen molar-refractivity contribution in [3.05, 3.63) is 258 Å². The first kappa shape index (κ1) is 50.6. The van der Waals surface area contributed by atoms with Crippen LogP contribution in [0.25, 0.3) is 33.4 Å². The van der Waals surface area contributed by atoms with Crippen LogP contribution in [0.1, 0.15) is 115 Å². The van der Waals surface area contributed by atoms with Crippen molar-refractivity contribution < 1.29 is 0 Å². The zero-order valence-corrected chi connectivity index (χ0v) is 49.1. The van der Waals surface area contributed by atoms with Gasteiger partial charge in [-0.25, -0.2) is 0 Å². The number of aryl methyl sites for hydroxylation is 1. The molecule has 10 aromatic rings. The van der Waals surface area contributed by atoms with E-state index in [-0.39, 0.29) is 28.4 Å². The van der Waals surface area contributed by atoms with Crippen molar-refractivity contribution in [1.29, 1.82) is 0 Å². The molecule has 4 heteroatoms. The zero-order valence-electron chi connectivity index (χ0n) is 49.1. The summed E-state index contributed by atoms with van der Waals surface area (Å²) in [6.45, 7) is 22.0. The molecular formula is C78H72BN3. The van der Waals surface area contributed by atoms with Crippen molar-refractivity contribution in [2.75, 3.05) is 14.7 Å². The summed E-state index contributed by atoms with van der Waals surface area (Å²) >= 11 is 0. The molecule has 2 atom stereocenters. The Morgan fingerprint density at radius 1 is 0.378 bits per heavy atom. The van der Waals surface area contributed by atoms with Crippen molar-refractivity contribution in [2.45, 2.75) is 115 Å². The van der Waals surface area contributed by atoms with E-state index in [1.807, 2.05) is 0 Å². The molecule has 5 aliphatic rings. The summed E-state index contributed by atoms with van der Waals surface area (Å²) in [4.78, 5) is 8.18. The number of benzene rings is 10. The van der Waals surface area contributed by atoms with Crippen molar-refractivity contribution in [3.63, 3.8) is 0 Å². The van der Waals surface area contributed by atoms with Gasteiger partial charge in [-0.2, -0.15) is 0 Å². The van der Waals surface area contributed by atoms with Gasteiger partial charge in [-0.1, -0.05) is 225 Å². The highest BCUT2D eigenvalue weighted by Gasteiger charge is 2.60. The molecule has 0 saturated carbocycles. The average molecular weight is 1060 g/mol. The van der Waals surface area contributed by atoms with Crippen LogP contribution in [-0.2, 0) is 33.6 Å². The van der Waals surface area contributed by atoms with Gasteiger partial charge in [-0.15, -0.1) is 0 Å². The third kappa shape index (κ3) is 7.42. The number of nitrogens with zero attached hydrogens (tertiary/aromatic N) is 3. The second-order valence-electron chi connectivity index (χ2n) is 27.0. The van der Waals surface area contributed by atoms with Crippen LogP contribution in [0.15, 0.2) is 224 Å². The molecule has 2 unspecified atom stereocenters. The highest BCUT2D eigenvalue weighted by Crippen LogP contribution is 2.65. The third-order valence-electron chi connectivity index (χ3n) is 20.5. The minimum Gasteiger partial charge on any atom is -0.330 e. The Bertz CT molecular complexity index is 4210. The lowest BCUT2D eigenvalue weighted by Crippen LogP contribution is -2.62. The van der Waals surface area contributed by atoms with Gasteiger partial charge in [-0.05, 0) is 181 Å². The summed E-state index contributed by atoms with van der Waals surface area (Å²) in [6.07, 6.45) is 4.37. The standard InChI is InChI=1S/C78H72BN3/c1-74(2,3)57-37-39-67(60(46-57)53-28-17-12-18-29-53)81-70-50-64-63(75(4,5)42-43-76(64,6)7)49-66(70)79-65-38-36-56(52-26-15-11-16-27-52)45-69(65)80(58-32-23-31-55(44-58)51-24-13-10-14-25-51)71-47-59(48-72(81)73(71)79)82-68-35-22-21-34-62(68)77(8)41-40-54-30-19-20-33-61(54)78(77,82)9/h10-39,44-50H,40-43H2,1-9H3. The van der Waals surface area contributed by atoms with E-state index in [0.717, 1.165) is 31.4 Å². The van der Waals surface area contributed by atoms with Crippen molar-refractivity contribution >= 4 is 68.6 Å². The van der Waals surface area contributed by atoms with Crippen LogP contribution in [0.2, 0.25) is 0 Å². The van der Waals surface area contributed by atoms with Crippen molar-refractivity contribution in [1.82, 2.24) is 0 Å². The molecule has 10 aromatic carbocycles.